The molecule has 0 saturated heterocycles. The van der Waals surface area contributed by atoms with E-state index in [0.717, 1.165) is 10.2 Å². The third-order valence-electron chi connectivity index (χ3n) is 2.63. The summed E-state index contributed by atoms with van der Waals surface area (Å²) in [5.74, 6) is 0.405. The van der Waals surface area contributed by atoms with Gasteiger partial charge in [-0.2, -0.15) is 18.2 Å². The normalized spacial score (nSPS) is 12.1. The second-order valence-corrected chi connectivity index (χ2v) is 5.21. The molecule has 0 amide bonds. The van der Waals surface area contributed by atoms with Gasteiger partial charge in [0.05, 0.1) is 23.3 Å². The summed E-state index contributed by atoms with van der Waals surface area (Å²) in [7, 11) is 0. The van der Waals surface area contributed by atoms with E-state index in [1.54, 1.807) is 6.20 Å². The average molecular weight is 314 g/mol. The third-order valence-corrected chi connectivity index (χ3v) is 3.48. The quantitative estimate of drug-likeness (QED) is 0.802. The molecule has 3 aromatic heterocycles. The van der Waals surface area contributed by atoms with Crippen LogP contribution >= 0.6 is 11.3 Å². The lowest BCUT2D eigenvalue weighted by Gasteiger charge is -2.05. The van der Waals surface area contributed by atoms with Crippen molar-refractivity contribution in [2.24, 2.45) is 0 Å². The highest BCUT2D eigenvalue weighted by molar-refractivity contribution is 7.17. The van der Waals surface area contributed by atoms with E-state index in [1.807, 2.05) is 17.5 Å². The number of halogens is 3. The number of rotatable bonds is 4. The van der Waals surface area contributed by atoms with E-state index in [-0.39, 0.29) is 12.4 Å². The lowest BCUT2D eigenvalue weighted by atomic mass is 10.2. The zero-order valence-electron chi connectivity index (χ0n) is 10.5. The van der Waals surface area contributed by atoms with Crippen molar-refractivity contribution in [1.82, 2.24) is 20.4 Å². The molecule has 3 aromatic rings. The lowest BCUT2D eigenvalue weighted by Crippen LogP contribution is -2.28. The van der Waals surface area contributed by atoms with Gasteiger partial charge in [-0.05, 0) is 17.5 Å². The Morgan fingerprint density at radius 2 is 2.19 bits per heavy atom. The molecule has 3 heterocycles. The zero-order valence-corrected chi connectivity index (χ0v) is 11.3. The molecular formula is C12H9F3N4OS. The molecule has 0 unspecified atom stereocenters. The molecule has 9 heteroatoms. The van der Waals surface area contributed by atoms with Crippen LogP contribution in [0.3, 0.4) is 0 Å². The number of hydrogen-bond donors (Lipinski definition) is 1. The van der Waals surface area contributed by atoms with Crippen LogP contribution in [0.4, 0.5) is 13.2 Å². The lowest BCUT2D eigenvalue weighted by molar-refractivity contribution is -0.125. The minimum Gasteiger partial charge on any atom is -0.338 e. The fraction of sp³-hybridized carbons (Fsp3) is 0.250. The van der Waals surface area contributed by atoms with Gasteiger partial charge in [0, 0.05) is 11.8 Å². The molecule has 110 valence electrons. The topological polar surface area (TPSA) is 63.8 Å². The molecule has 0 bridgehead atoms. The number of fused-ring (bicyclic) bond motifs is 1. The second kappa shape index (κ2) is 5.41. The van der Waals surface area contributed by atoms with Gasteiger partial charge in [0.2, 0.25) is 11.7 Å². The summed E-state index contributed by atoms with van der Waals surface area (Å²) in [5.41, 5.74) is 1.54. The van der Waals surface area contributed by atoms with E-state index < -0.39 is 12.7 Å². The summed E-state index contributed by atoms with van der Waals surface area (Å²) in [6.45, 7) is -1.24. The van der Waals surface area contributed by atoms with Crippen LogP contribution in [0.1, 0.15) is 5.89 Å². The molecule has 0 fully saturated rings. The Kier molecular flexibility index (Phi) is 3.60. The maximum absolute atomic E-state index is 12.0. The molecule has 0 radical (unpaired) electrons. The summed E-state index contributed by atoms with van der Waals surface area (Å²) in [6.07, 6.45) is -2.66. The number of pyridine rings is 1. The van der Waals surface area contributed by atoms with Crippen LogP contribution in [-0.4, -0.2) is 27.8 Å². The fourth-order valence-electron chi connectivity index (χ4n) is 1.72. The second-order valence-electron chi connectivity index (χ2n) is 4.26. The molecule has 0 saturated carbocycles. The van der Waals surface area contributed by atoms with Crippen molar-refractivity contribution in [3.8, 4) is 11.4 Å². The first-order valence-corrected chi connectivity index (χ1v) is 6.83. The Morgan fingerprint density at radius 1 is 1.33 bits per heavy atom. The molecule has 0 atom stereocenters. The molecular weight excluding hydrogens is 305 g/mol. The average Bonchev–Trinajstić information content (AvgIpc) is 3.04. The predicted octanol–water partition coefficient (Wildman–Crippen LogP) is 3.00. The first-order chi connectivity index (χ1) is 10.0. The Morgan fingerprint density at radius 3 is 3.00 bits per heavy atom. The Labute approximate surface area is 120 Å². The van der Waals surface area contributed by atoms with E-state index >= 15 is 0 Å². The fourth-order valence-corrected chi connectivity index (χ4v) is 2.50. The Bertz CT molecular complexity index is 752. The molecule has 0 aliphatic rings. The Balaban J connectivity index is 1.72. The number of aromatic nitrogens is 3. The zero-order chi connectivity index (χ0) is 14.9. The van der Waals surface area contributed by atoms with Crippen LogP contribution < -0.4 is 5.32 Å². The van der Waals surface area contributed by atoms with Gasteiger partial charge in [-0.15, -0.1) is 11.3 Å². The van der Waals surface area contributed by atoms with E-state index in [0.29, 0.717) is 11.4 Å². The minimum atomic E-state index is -4.27. The third kappa shape index (κ3) is 3.37. The largest absolute Gasteiger partial charge is 0.401 e. The summed E-state index contributed by atoms with van der Waals surface area (Å²) in [5, 5.41) is 7.87. The minimum absolute atomic E-state index is 0.0977. The van der Waals surface area contributed by atoms with Gasteiger partial charge < -0.3 is 9.84 Å². The molecule has 0 aliphatic carbocycles. The standard InChI is InChI=1S/C12H9F3N4OS/c13-12(14,15)6-16-5-10-18-11(19-20-10)7-3-9-8(17-4-7)1-2-21-9/h1-4,16H,5-6H2. The van der Waals surface area contributed by atoms with E-state index in [9.17, 15) is 13.2 Å². The highest BCUT2D eigenvalue weighted by atomic mass is 32.1. The van der Waals surface area contributed by atoms with Crippen molar-refractivity contribution in [1.29, 1.82) is 0 Å². The molecule has 21 heavy (non-hydrogen) atoms. The molecule has 0 aromatic carbocycles. The van der Waals surface area contributed by atoms with Gasteiger partial charge in [0.15, 0.2) is 0 Å². The summed E-state index contributed by atoms with van der Waals surface area (Å²) in [6, 6.07) is 3.76. The van der Waals surface area contributed by atoms with Gasteiger partial charge in [-0.3, -0.25) is 4.98 Å². The van der Waals surface area contributed by atoms with Crippen LogP contribution in [0.15, 0.2) is 28.2 Å². The summed E-state index contributed by atoms with van der Waals surface area (Å²) >= 11 is 1.53. The number of hydrogen-bond acceptors (Lipinski definition) is 6. The molecule has 5 nitrogen and oxygen atoms in total. The first-order valence-electron chi connectivity index (χ1n) is 5.95. The van der Waals surface area contributed by atoms with Crippen molar-refractivity contribution in [2.75, 3.05) is 6.54 Å². The maximum Gasteiger partial charge on any atom is 0.401 e. The number of thiophene rings is 1. The summed E-state index contributed by atoms with van der Waals surface area (Å²) < 4.78 is 41.9. The monoisotopic (exact) mass is 314 g/mol. The van der Waals surface area contributed by atoms with Crippen molar-refractivity contribution in [2.45, 2.75) is 12.7 Å². The smallest absolute Gasteiger partial charge is 0.338 e. The van der Waals surface area contributed by atoms with Gasteiger partial charge in [-0.1, -0.05) is 5.16 Å². The van der Waals surface area contributed by atoms with Gasteiger partial charge >= 0.3 is 6.18 Å². The van der Waals surface area contributed by atoms with Gasteiger partial charge in [-0.25, -0.2) is 0 Å². The van der Waals surface area contributed by atoms with Crippen molar-refractivity contribution < 1.29 is 17.7 Å². The molecule has 3 rings (SSSR count). The molecule has 0 aliphatic heterocycles. The SMILES string of the molecule is FC(F)(F)CNCc1nc(-c2cnc3ccsc3c2)no1. The maximum atomic E-state index is 12.0. The van der Waals surface area contributed by atoms with Crippen molar-refractivity contribution in [3.63, 3.8) is 0 Å². The molecule has 1 N–H and O–H groups in total. The highest BCUT2D eigenvalue weighted by Gasteiger charge is 2.26. The van der Waals surface area contributed by atoms with E-state index in [2.05, 4.69) is 20.4 Å². The van der Waals surface area contributed by atoms with Crippen molar-refractivity contribution in [3.05, 3.63) is 29.6 Å². The number of nitrogens with one attached hydrogen (secondary N) is 1. The number of alkyl halides is 3. The van der Waals surface area contributed by atoms with Crippen LogP contribution in [0.2, 0.25) is 0 Å². The summed E-state index contributed by atoms with van der Waals surface area (Å²) in [4.78, 5) is 8.29. The predicted molar refractivity (Wildman–Crippen MR) is 70.7 cm³/mol. The van der Waals surface area contributed by atoms with Crippen LogP contribution in [-0.2, 0) is 6.54 Å². The van der Waals surface area contributed by atoms with Gasteiger partial charge in [0.1, 0.15) is 0 Å². The van der Waals surface area contributed by atoms with Crippen LogP contribution in [0.5, 0.6) is 0 Å². The van der Waals surface area contributed by atoms with Crippen LogP contribution in [0.25, 0.3) is 21.6 Å². The van der Waals surface area contributed by atoms with Crippen molar-refractivity contribution >= 4 is 21.6 Å². The molecule has 0 spiro atoms. The van der Waals surface area contributed by atoms with E-state index in [1.165, 1.54) is 11.3 Å². The highest BCUT2D eigenvalue weighted by Crippen LogP contribution is 2.24. The first kappa shape index (κ1) is 14.0. The van der Waals surface area contributed by atoms with Gasteiger partial charge in [0.25, 0.3) is 0 Å². The Hall–Kier alpha value is -2.00. The number of nitrogens with zero attached hydrogens (tertiary/aromatic N) is 3. The van der Waals surface area contributed by atoms with Crippen LogP contribution in [0, 0.1) is 0 Å². The van der Waals surface area contributed by atoms with E-state index in [4.69, 9.17) is 4.52 Å².